The van der Waals surface area contributed by atoms with Crippen molar-refractivity contribution in [1.82, 2.24) is 0 Å². The highest BCUT2D eigenvalue weighted by atomic mass is 16.5. The van der Waals surface area contributed by atoms with E-state index in [1.807, 2.05) is 38.1 Å². The van der Waals surface area contributed by atoms with Gasteiger partial charge in [-0.25, -0.2) is 0 Å². The smallest absolute Gasteiger partial charge is 0.207 e. The van der Waals surface area contributed by atoms with Crippen LogP contribution in [0.1, 0.15) is 29.8 Å². The van der Waals surface area contributed by atoms with Crippen LogP contribution in [0.5, 0.6) is 17.2 Å². The third kappa shape index (κ3) is 4.85. The number of ether oxygens (including phenoxy) is 3. The summed E-state index contributed by atoms with van der Waals surface area (Å²) in [5.41, 5.74) is 1.10. The minimum absolute atomic E-state index is 0.178. The topological polar surface area (TPSA) is 57.1 Å². The van der Waals surface area contributed by atoms with Crippen LogP contribution in [-0.4, -0.2) is 38.9 Å². The Balaban J connectivity index is 2.15. The number of hydrogen-bond acceptors (Lipinski definition) is 5. The van der Waals surface area contributed by atoms with Gasteiger partial charge in [0.05, 0.1) is 38.6 Å². The van der Waals surface area contributed by atoms with Crippen molar-refractivity contribution in [2.24, 2.45) is 4.99 Å². The molecule has 0 bridgehead atoms. The lowest BCUT2D eigenvalue weighted by Gasteiger charge is -2.20. The van der Waals surface area contributed by atoms with E-state index in [1.54, 1.807) is 39.5 Å². The Morgan fingerprint density at radius 3 is 2.27 bits per heavy atom. The molecule has 0 radical (unpaired) electrons. The van der Waals surface area contributed by atoms with Gasteiger partial charge in [-0.05, 0) is 50.1 Å². The van der Waals surface area contributed by atoms with E-state index in [0.29, 0.717) is 29.2 Å². The molecule has 5 nitrogen and oxygen atoms in total. The number of nitrogens with zero attached hydrogens (tertiary/aromatic N) is 1. The summed E-state index contributed by atoms with van der Waals surface area (Å²) < 4.78 is 15.8. The normalized spacial score (nSPS) is 11.4. The fraction of sp³-hybridized carbons (Fsp3) is 0.333. The zero-order valence-electron chi connectivity index (χ0n) is 15.9. The maximum absolute atomic E-state index is 12.4. The number of Topliss-reactive ketones (excluding diaryl/α,β-unsaturated/α-hetero) is 1. The lowest BCUT2D eigenvalue weighted by atomic mass is 9.95. The zero-order chi connectivity index (χ0) is 19.2. The highest BCUT2D eigenvalue weighted by molar-refractivity contribution is 6.36. The second-order valence-corrected chi connectivity index (χ2v) is 6.50. The summed E-state index contributed by atoms with van der Waals surface area (Å²) >= 11 is 0. The Morgan fingerprint density at radius 2 is 1.62 bits per heavy atom. The van der Waals surface area contributed by atoms with Crippen LogP contribution in [0.15, 0.2) is 47.5 Å². The largest absolute Gasteiger partial charge is 0.496 e. The van der Waals surface area contributed by atoms with E-state index in [9.17, 15) is 4.79 Å². The van der Waals surface area contributed by atoms with Crippen molar-refractivity contribution in [3.63, 3.8) is 0 Å². The zero-order valence-corrected chi connectivity index (χ0v) is 15.9. The SMILES string of the molecule is COc1ccc(CC(C)(C)N=CC(=O)c2ccccc2OC)cc1OC. The number of para-hydroxylation sites is 1. The molecule has 2 aromatic carbocycles. The van der Waals surface area contributed by atoms with Crippen molar-refractivity contribution in [2.45, 2.75) is 25.8 Å². The summed E-state index contributed by atoms with van der Waals surface area (Å²) in [6.07, 6.45) is 2.03. The molecule has 138 valence electrons. The summed E-state index contributed by atoms with van der Waals surface area (Å²) in [5.74, 6) is 1.73. The predicted molar refractivity (Wildman–Crippen MR) is 103 cm³/mol. The van der Waals surface area contributed by atoms with E-state index in [-0.39, 0.29) is 5.78 Å². The Hall–Kier alpha value is -2.82. The van der Waals surface area contributed by atoms with Crippen molar-refractivity contribution in [3.8, 4) is 17.2 Å². The van der Waals surface area contributed by atoms with E-state index >= 15 is 0 Å². The Labute approximate surface area is 154 Å². The quantitative estimate of drug-likeness (QED) is 0.531. The van der Waals surface area contributed by atoms with E-state index in [2.05, 4.69) is 4.99 Å². The van der Waals surface area contributed by atoms with Crippen molar-refractivity contribution in [3.05, 3.63) is 53.6 Å². The fourth-order valence-corrected chi connectivity index (χ4v) is 2.69. The first-order valence-corrected chi connectivity index (χ1v) is 8.33. The van der Waals surface area contributed by atoms with Crippen LogP contribution in [0.25, 0.3) is 0 Å². The molecule has 0 saturated carbocycles. The molecule has 0 aliphatic heterocycles. The summed E-state index contributed by atoms with van der Waals surface area (Å²) in [6.45, 7) is 3.96. The van der Waals surface area contributed by atoms with Crippen molar-refractivity contribution >= 4 is 12.0 Å². The van der Waals surface area contributed by atoms with Crippen LogP contribution in [-0.2, 0) is 6.42 Å². The minimum Gasteiger partial charge on any atom is -0.496 e. The molecular weight excluding hydrogens is 330 g/mol. The van der Waals surface area contributed by atoms with Crippen LogP contribution >= 0.6 is 0 Å². The molecule has 0 aliphatic rings. The predicted octanol–water partition coefficient (Wildman–Crippen LogP) is 3.99. The van der Waals surface area contributed by atoms with Crippen LogP contribution in [0, 0.1) is 0 Å². The number of hydrogen-bond donors (Lipinski definition) is 0. The van der Waals surface area contributed by atoms with Gasteiger partial charge >= 0.3 is 0 Å². The monoisotopic (exact) mass is 355 g/mol. The molecule has 0 N–H and O–H groups in total. The molecule has 0 saturated heterocycles. The number of ketones is 1. The molecular formula is C21H25NO4. The van der Waals surface area contributed by atoms with Crippen molar-refractivity contribution < 1.29 is 19.0 Å². The molecule has 0 atom stereocenters. The number of aliphatic imine (C=N–C) groups is 1. The van der Waals surface area contributed by atoms with E-state index in [0.717, 1.165) is 5.56 Å². The molecule has 0 fully saturated rings. The van der Waals surface area contributed by atoms with Gasteiger partial charge in [0.1, 0.15) is 5.75 Å². The molecule has 26 heavy (non-hydrogen) atoms. The van der Waals surface area contributed by atoms with Gasteiger partial charge in [0.25, 0.3) is 0 Å². The third-order valence-corrected chi connectivity index (χ3v) is 3.99. The van der Waals surface area contributed by atoms with Gasteiger partial charge in [-0.3, -0.25) is 9.79 Å². The first-order chi connectivity index (χ1) is 12.4. The summed E-state index contributed by atoms with van der Waals surface area (Å²) in [5, 5.41) is 0. The first-order valence-electron chi connectivity index (χ1n) is 8.33. The number of methoxy groups -OCH3 is 3. The number of rotatable bonds is 8. The summed E-state index contributed by atoms with van der Waals surface area (Å²) in [4.78, 5) is 16.9. The highest BCUT2D eigenvalue weighted by Gasteiger charge is 2.19. The van der Waals surface area contributed by atoms with Crippen molar-refractivity contribution in [1.29, 1.82) is 0 Å². The minimum atomic E-state index is -0.447. The molecule has 0 spiro atoms. The van der Waals surface area contributed by atoms with Gasteiger partial charge in [0.15, 0.2) is 11.5 Å². The fourth-order valence-electron chi connectivity index (χ4n) is 2.69. The molecule has 2 aromatic rings. The second-order valence-electron chi connectivity index (χ2n) is 6.50. The number of benzene rings is 2. The lowest BCUT2D eigenvalue weighted by Crippen LogP contribution is -2.21. The summed E-state index contributed by atoms with van der Waals surface area (Å²) in [6, 6.07) is 12.9. The maximum Gasteiger partial charge on any atom is 0.207 e. The molecule has 2 rings (SSSR count). The first kappa shape index (κ1) is 19.5. The van der Waals surface area contributed by atoms with Crippen LogP contribution in [0.4, 0.5) is 0 Å². The number of carbonyl (C=O) groups is 1. The highest BCUT2D eigenvalue weighted by Crippen LogP contribution is 2.29. The van der Waals surface area contributed by atoms with E-state index in [4.69, 9.17) is 14.2 Å². The third-order valence-electron chi connectivity index (χ3n) is 3.99. The Bertz CT molecular complexity index is 796. The molecule has 0 heterocycles. The van der Waals surface area contributed by atoms with Crippen LogP contribution in [0.3, 0.4) is 0 Å². The molecule has 0 aliphatic carbocycles. The molecule has 5 heteroatoms. The van der Waals surface area contributed by atoms with Crippen LogP contribution in [0.2, 0.25) is 0 Å². The van der Waals surface area contributed by atoms with Gasteiger partial charge < -0.3 is 14.2 Å². The molecule has 0 amide bonds. The van der Waals surface area contributed by atoms with E-state index in [1.165, 1.54) is 6.21 Å². The summed E-state index contributed by atoms with van der Waals surface area (Å²) in [7, 11) is 4.76. The van der Waals surface area contributed by atoms with Crippen LogP contribution < -0.4 is 14.2 Å². The van der Waals surface area contributed by atoms with Gasteiger partial charge in [-0.2, -0.15) is 0 Å². The van der Waals surface area contributed by atoms with Gasteiger partial charge in [-0.1, -0.05) is 18.2 Å². The Kier molecular flexibility index (Phi) is 6.39. The average Bonchev–Trinajstić information content (AvgIpc) is 2.65. The van der Waals surface area contributed by atoms with E-state index < -0.39 is 5.54 Å². The Morgan fingerprint density at radius 1 is 0.962 bits per heavy atom. The molecule has 0 aromatic heterocycles. The second kappa shape index (κ2) is 8.52. The van der Waals surface area contributed by atoms with Gasteiger partial charge in [0, 0.05) is 0 Å². The number of carbonyl (C=O) groups excluding carboxylic acids is 1. The van der Waals surface area contributed by atoms with Crippen molar-refractivity contribution in [2.75, 3.05) is 21.3 Å². The van der Waals surface area contributed by atoms with Gasteiger partial charge in [0.2, 0.25) is 5.78 Å². The standard InChI is InChI=1S/C21H25NO4/c1-21(2,13-15-10-11-19(25-4)20(12-15)26-5)22-14-17(23)16-8-6-7-9-18(16)24-3/h6-12,14H,13H2,1-5H3. The maximum atomic E-state index is 12.4. The average molecular weight is 355 g/mol. The van der Waals surface area contributed by atoms with Gasteiger partial charge in [-0.15, -0.1) is 0 Å². The lowest BCUT2D eigenvalue weighted by molar-refractivity contribution is 0.106. The molecule has 0 unspecified atom stereocenters.